The minimum atomic E-state index is -0.465. The summed E-state index contributed by atoms with van der Waals surface area (Å²) in [6, 6.07) is 4.55. The highest BCUT2D eigenvalue weighted by molar-refractivity contribution is 6.08. The Morgan fingerprint density at radius 2 is 2.04 bits per heavy atom. The molecule has 0 fully saturated rings. The van der Waals surface area contributed by atoms with Gasteiger partial charge in [-0.1, -0.05) is 0 Å². The topological polar surface area (TPSA) is 69.0 Å². The van der Waals surface area contributed by atoms with E-state index in [1.807, 2.05) is 13.8 Å². The van der Waals surface area contributed by atoms with Crippen molar-refractivity contribution in [3.8, 4) is 0 Å². The molecule has 3 heterocycles. The number of allylic oxidation sites excluding steroid dienone is 1. The molecule has 5 rings (SSSR count). The number of anilines is 1. The van der Waals surface area contributed by atoms with Crippen LogP contribution in [0.1, 0.15) is 56.5 Å². The van der Waals surface area contributed by atoms with E-state index in [4.69, 9.17) is 0 Å². The SMILES string of the molecule is CC1=C2CCCc3c([nH]c4cc5c(cc34)C(C)(C)C(=O)N5)C2NN1. The summed E-state index contributed by atoms with van der Waals surface area (Å²) in [4.78, 5) is 15.9. The highest BCUT2D eigenvalue weighted by Gasteiger charge is 2.39. The van der Waals surface area contributed by atoms with Crippen molar-refractivity contribution in [3.63, 3.8) is 0 Å². The fourth-order valence-electron chi connectivity index (χ4n) is 4.45. The van der Waals surface area contributed by atoms with Crippen molar-refractivity contribution in [3.05, 3.63) is 40.2 Å². The Labute approximate surface area is 140 Å². The van der Waals surface area contributed by atoms with Crippen LogP contribution in [0.15, 0.2) is 23.4 Å². The number of fused-ring (bicyclic) bond motifs is 6. The lowest BCUT2D eigenvalue weighted by Gasteiger charge is -2.15. The third-order valence-electron chi connectivity index (χ3n) is 5.96. The molecule has 1 aromatic carbocycles. The summed E-state index contributed by atoms with van der Waals surface area (Å²) in [6.07, 6.45) is 3.35. The maximum atomic E-state index is 12.2. The molecule has 1 aromatic heterocycles. The van der Waals surface area contributed by atoms with Gasteiger partial charge >= 0.3 is 0 Å². The molecule has 24 heavy (non-hydrogen) atoms. The number of amides is 1. The van der Waals surface area contributed by atoms with E-state index in [1.165, 1.54) is 27.9 Å². The number of hydrogen-bond donors (Lipinski definition) is 4. The first-order valence-corrected chi connectivity index (χ1v) is 8.68. The average Bonchev–Trinajstić information content (AvgIpc) is 3.09. The average molecular weight is 322 g/mol. The van der Waals surface area contributed by atoms with Crippen LogP contribution in [0.4, 0.5) is 5.69 Å². The van der Waals surface area contributed by atoms with Gasteiger partial charge in [-0.15, -0.1) is 0 Å². The van der Waals surface area contributed by atoms with Crippen molar-refractivity contribution in [2.24, 2.45) is 0 Å². The maximum absolute atomic E-state index is 12.2. The molecule has 0 saturated heterocycles. The van der Waals surface area contributed by atoms with E-state index in [9.17, 15) is 4.79 Å². The molecule has 1 unspecified atom stereocenters. The van der Waals surface area contributed by atoms with Crippen molar-refractivity contribution in [2.45, 2.75) is 51.5 Å². The normalized spacial score (nSPS) is 24.3. The molecule has 2 aromatic rings. The first-order chi connectivity index (χ1) is 11.5. The van der Waals surface area contributed by atoms with Crippen LogP contribution in [0.3, 0.4) is 0 Å². The van der Waals surface area contributed by atoms with Crippen LogP contribution in [0.5, 0.6) is 0 Å². The highest BCUT2D eigenvalue weighted by Crippen LogP contribution is 2.44. The second-order valence-electron chi connectivity index (χ2n) is 7.75. The number of aromatic amines is 1. The highest BCUT2D eigenvalue weighted by atomic mass is 16.2. The minimum absolute atomic E-state index is 0.0822. The van der Waals surface area contributed by atoms with Crippen LogP contribution < -0.4 is 16.2 Å². The molecule has 0 spiro atoms. The third-order valence-corrected chi connectivity index (χ3v) is 5.96. The molecular formula is C19H22N4O. The molecule has 1 amide bonds. The number of rotatable bonds is 0. The number of benzene rings is 1. The first kappa shape index (κ1) is 14.1. The molecule has 1 atom stereocenters. The quantitative estimate of drug-likeness (QED) is 0.602. The maximum Gasteiger partial charge on any atom is 0.234 e. The fraction of sp³-hybridized carbons (Fsp3) is 0.421. The summed E-state index contributed by atoms with van der Waals surface area (Å²) in [5, 5.41) is 4.29. The molecule has 124 valence electrons. The van der Waals surface area contributed by atoms with Gasteiger partial charge in [0.2, 0.25) is 5.91 Å². The van der Waals surface area contributed by atoms with E-state index in [2.05, 4.69) is 40.2 Å². The van der Waals surface area contributed by atoms with Gasteiger partial charge in [-0.25, -0.2) is 5.43 Å². The largest absolute Gasteiger partial charge is 0.356 e. The molecule has 2 aliphatic heterocycles. The van der Waals surface area contributed by atoms with Gasteiger partial charge in [-0.2, -0.15) is 0 Å². The number of aromatic nitrogens is 1. The van der Waals surface area contributed by atoms with E-state index in [1.54, 1.807) is 0 Å². The number of hydrogen-bond acceptors (Lipinski definition) is 3. The zero-order chi connectivity index (χ0) is 16.6. The Hall–Kier alpha value is -2.27. The Balaban J connectivity index is 1.74. The number of H-pyrrole nitrogens is 1. The van der Waals surface area contributed by atoms with Gasteiger partial charge in [0.05, 0.1) is 11.5 Å². The van der Waals surface area contributed by atoms with E-state index >= 15 is 0 Å². The van der Waals surface area contributed by atoms with E-state index in [0.29, 0.717) is 0 Å². The predicted octanol–water partition coefficient (Wildman–Crippen LogP) is 3.16. The van der Waals surface area contributed by atoms with Crippen molar-refractivity contribution >= 4 is 22.5 Å². The van der Waals surface area contributed by atoms with Crippen molar-refractivity contribution < 1.29 is 4.79 Å². The first-order valence-electron chi connectivity index (χ1n) is 8.68. The van der Waals surface area contributed by atoms with E-state index in [-0.39, 0.29) is 11.9 Å². The van der Waals surface area contributed by atoms with Crippen LogP contribution in [-0.2, 0) is 16.6 Å². The van der Waals surface area contributed by atoms with Crippen LogP contribution in [-0.4, -0.2) is 10.9 Å². The molecule has 5 heteroatoms. The van der Waals surface area contributed by atoms with Crippen LogP contribution >= 0.6 is 0 Å². The Morgan fingerprint density at radius 3 is 2.88 bits per heavy atom. The summed E-state index contributed by atoms with van der Waals surface area (Å²) in [6.45, 7) is 6.14. The zero-order valence-electron chi connectivity index (χ0n) is 14.3. The van der Waals surface area contributed by atoms with Crippen molar-refractivity contribution in [1.82, 2.24) is 15.8 Å². The molecule has 5 nitrogen and oxygen atoms in total. The lowest BCUT2D eigenvalue weighted by atomic mass is 9.85. The standard InChI is InChI=1S/C19H22N4O/c1-9-10-5-4-6-11-12-7-13-15(21-18(24)19(13,2)3)8-14(12)20-16(11)17(10)23-22-9/h7-8,17,20,22-23H,4-6H2,1-3H3,(H,21,24). The molecule has 4 N–H and O–H groups in total. The fourth-order valence-corrected chi connectivity index (χ4v) is 4.45. The molecule has 3 aliphatic rings. The van der Waals surface area contributed by atoms with Gasteiger partial charge in [0.15, 0.2) is 0 Å². The number of aryl methyl sites for hydroxylation is 1. The number of carbonyl (C=O) groups is 1. The third kappa shape index (κ3) is 1.65. The second kappa shape index (κ2) is 4.42. The summed E-state index contributed by atoms with van der Waals surface area (Å²) in [5.41, 5.74) is 14.8. The number of hydrazine groups is 1. The number of nitrogens with one attached hydrogen (secondary N) is 4. The van der Waals surface area contributed by atoms with E-state index in [0.717, 1.165) is 36.0 Å². The lowest BCUT2D eigenvalue weighted by Crippen LogP contribution is -2.27. The van der Waals surface area contributed by atoms with Gasteiger partial charge in [0.1, 0.15) is 0 Å². The van der Waals surface area contributed by atoms with E-state index < -0.39 is 5.41 Å². The van der Waals surface area contributed by atoms with Crippen molar-refractivity contribution in [2.75, 3.05) is 5.32 Å². The van der Waals surface area contributed by atoms with Crippen LogP contribution in [0.2, 0.25) is 0 Å². The summed E-state index contributed by atoms with van der Waals surface area (Å²) >= 11 is 0. The molecule has 0 bridgehead atoms. The van der Waals surface area contributed by atoms with Gasteiger partial charge in [0, 0.05) is 28.0 Å². The molecular weight excluding hydrogens is 300 g/mol. The Kier molecular flexibility index (Phi) is 2.60. The monoisotopic (exact) mass is 322 g/mol. The summed E-state index contributed by atoms with van der Waals surface area (Å²) in [5.74, 6) is 0.0822. The lowest BCUT2D eigenvalue weighted by molar-refractivity contribution is -0.119. The van der Waals surface area contributed by atoms with Gasteiger partial charge in [0.25, 0.3) is 0 Å². The van der Waals surface area contributed by atoms with Crippen molar-refractivity contribution in [1.29, 1.82) is 0 Å². The number of carbonyl (C=O) groups excluding carboxylic acids is 1. The van der Waals surface area contributed by atoms with Gasteiger partial charge < -0.3 is 15.7 Å². The molecule has 0 radical (unpaired) electrons. The Bertz CT molecular complexity index is 934. The van der Waals surface area contributed by atoms with Crippen LogP contribution in [0.25, 0.3) is 10.9 Å². The second-order valence-corrected chi connectivity index (χ2v) is 7.75. The predicted molar refractivity (Wildman–Crippen MR) is 94.6 cm³/mol. The smallest absolute Gasteiger partial charge is 0.234 e. The Morgan fingerprint density at radius 1 is 1.21 bits per heavy atom. The molecule has 0 saturated carbocycles. The van der Waals surface area contributed by atoms with Crippen LogP contribution in [0, 0.1) is 0 Å². The molecule has 1 aliphatic carbocycles. The summed E-state index contributed by atoms with van der Waals surface area (Å²) < 4.78 is 0. The van der Waals surface area contributed by atoms with Gasteiger partial charge in [-0.3, -0.25) is 4.79 Å². The minimum Gasteiger partial charge on any atom is -0.356 e. The summed E-state index contributed by atoms with van der Waals surface area (Å²) in [7, 11) is 0. The van der Waals surface area contributed by atoms with Gasteiger partial charge in [-0.05, 0) is 68.9 Å². The zero-order valence-corrected chi connectivity index (χ0v) is 14.3.